The third-order valence-electron chi connectivity index (χ3n) is 5.60. The molecule has 29 heavy (non-hydrogen) atoms. The van der Waals surface area contributed by atoms with Gasteiger partial charge >= 0.3 is 0 Å². The third-order valence-corrected chi connectivity index (χ3v) is 5.60. The van der Waals surface area contributed by atoms with Crippen molar-refractivity contribution < 1.29 is 9.59 Å². The molecule has 2 heterocycles. The van der Waals surface area contributed by atoms with Crippen LogP contribution in [0.4, 0.5) is 0 Å². The number of rotatable bonds is 7. The van der Waals surface area contributed by atoms with Crippen molar-refractivity contribution in [3.8, 4) is 0 Å². The number of nitrogens with zero attached hydrogens (tertiary/aromatic N) is 1. The zero-order valence-electron chi connectivity index (χ0n) is 16.9. The number of hydrogen-bond acceptors (Lipinski definition) is 2. The Morgan fingerprint density at radius 3 is 2.69 bits per heavy atom. The van der Waals surface area contributed by atoms with Crippen LogP contribution >= 0.6 is 0 Å². The normalized spacial score (nSPS) is 15.9. The Kier molecular flexibility index (Phi) is 5.38. The van der Waals surface area contributed by atoms with Crippen LogP contribution in [0.25, 0.3) is 10.9 Å². The summed E-state index contributed by atoms with van der Waals surface area (Å²) in [4.78, 5) is 30.6. The Hall–Kier alpha value is -3.08. The lowest BCUT2D eigenvalue weighted by Crippen LogP contribution is -2.34. The van der Waals surface area contributed by atoms with Gasteiger partial charge in [0.2, 0.25) is 5.91 Å². The van der Waals surface area contributed by atoms with Gasteiger partial charge in [0.25, 0.3) is 5.91 Å². The van der Waals surface area contributed by atoms with E-state index in [0.29, 0.717) is 25.4 Å². The summed E-state index contributed by atoms with van der Waals surface area (Å²) in [5, 5.41) is 4.08. The minimum absolute atomic E-state index is 0.00733. The number of amides is 2. The second-order valence-corrected chi connectivity index (χ2v) is 8.06. The first-order valence-corrected chi connectivity index (χ1v) is 10.3. The predicted molar refractivity (Wildman–Crippen MR) is 115 cm³/mol. The molecule has 1 aliphatic rings. The molecule has 1 atom stereocenters. The second kappa shape index (κ2) is 8.11. The van der Waals surface area contributed by atoms with Gasteiger partial charge in [0.1, 0.15) is 0 Å². The number of nitrogens with one attached hydrogen (secondary N) is 2. The van der Waals surface area contributed by atoms with Gasteiger partial charge in [-0.3, -0.25) is 9.59 Å². The number of carbonyl (C=O) groups is 2. The van der Waals surface area contributed by atoms with E-state index in [2.05, 4.69) is 30.2 Å². The first kappa shape index (κ1) is 19.2. The molecule has 1 aliphatic heterocycles. The van der Waals surface area contributed by atoms with E-state index < -0.39 is 0 Å². The van der Waals surface area contributed by atoms with E-state index in [-0.39, 0.29) is 17.9 Å². The summed E-state index contributed by atoms with van der Waals surface area (Å²) in [6, 6.07) is 15.7. The van der Waals surface area contributed by atoms with Crippen LogP contribution in [0.3, 0.4) is 0 Å². The zero-order valence-corrected chi connectivity index (χ0v) is 16.9. The van der Waals surface area contributed by atoms with Gasteiger partial charge in [-0.1, -0.05) is 50.2 Å². The van der Waals surface area contributed by atoms with Gasteiger partial charge in [-0.15, -0.1) is 0 Å². The van der Waals surface area contributed by atoms with E-state index in [0.717, 1.165) is 34.0 Å². The minimum Gasteiger partial charge on any atom is -0.361 e. The maximum atomic E-state index is 13.1. The van der Waals surface area contributed by atoms with Crippen molar-refractivity contribution in [2.75, 3.05) is 13.1 Å². The number of benzene rings is 2. The minimum atomic E-state index is -0.182. The molecule has 0 fully saturated rings. The van der Waals surface area contributed by atoms with Gasteiger partial charge in [0, 0.05) is 47.7 Å². The molecule has 5 nitrogen and oxygen atoms in total. The average Bonchev–Trinajstić information content (AvgIpc) is 3.25. The van der Waals surface area contributed by atoms with Gasteiger partial charge in [-0.2, -0.15) is 0 Å². The monoisotopic (exact) mass is 389 g/mol. The highest BCUT2D eigenvalue weighted by Gasteiger charge is 2.38. The van der Waals surface area contributed by atoms with E-state index in [1.165, 1.54) is 0 Å². The molecule has 150 valence electrons. The predicted octanol–water partition coefficient (Wildman–Crippen LogP) is 4.27. The highest BCUT2D eigenvalue weighted by Crippen LogP contribution is 2.41. The number of para-hydroxylation sites is 1. The van der Waals surface area contributed by atoms with Gasteiger partial charge < -0.3 is 15.2 Å². The van der Waals surface area contributed by atoms with Gasteiger partial charge in [-0.25, -0.2) is 0 Å². The molecule has 2 aromatic carbocycles. The Labute approximate surface area is 171 Å². The van der Waals surface area contributed by atoms with Crippen LogP contribution in [-0.4, -0.2) is 34.8 Å². The van der Waals surface area contributed by atoms with E-state index in [4.69, 9.17) is 0 Å². The van der Waals surface area contributed by atoms with Crippen LogP contribution in [0.2, 0.25) is 0 Å². The number of hydrogen-bond donors (Lipinski definition) is 2. The molecule has 0 spiro atoms. The summed E-state index contributed by atoms with van der Waals surface area (Å²) >= 11 is 0. The highest BCUT2D eigenvalue weighted by atomic mass is 16.2. The Morgan fingerprint density at radius 1 is 1.10 bits per heavy atom. The van der Waals surface area contributed by atoms with Crippen LogP contribution < -0.4 is 5.32 Å². The fourth-order valence-corrected chi connectivity index (χ4v) is 4.07. The van der Waals surface area contributed by atoms with Crippen molar-refractivity contribution >= 4 is 22.7 Å². The summed E-state index contributed by atoms with van der Waals surface area (Å²) in [5.41, 5.74) is 3.84. The largest absolute Gasteiger partial charge is 0.361 e. The SMILES string of the molecule is CC(C)CCNC(=O)CCN1C(=O)c2ccccc2[C@H]1c1c[nH]c2ccccc12. The molecular formula is C24H27N3O2. The smallest absolute Gasteiger partial charge is 0.255 e. The molecule has 0 unspecified atom stereocenters. The van der Waals surface area contributed by atoms with Crippen LogP contribution in [0, 0.1) is 5.92 Å². The lowest BCUT2D eigenvalue weighted by molar-refractivity contribution is -0.121. The van der Waals surface area contributed by atoms with Crippen molar-refractivity contribution in [3.05, 3.63) is 71.4 Å². The maximum absolute atomic E-state index is 13.1. The number of aromatic amines is 1. The number of aromatic nitrogens is 1. The fraction of sp³-hybridized carbons (Fsp3) is 0.333. The summed E-state index contributed by atoms with van der Waals surface area (Å²) in [6.07, 6.45) is 3.24. The summed E-state index contributed by atoms with van der Waals surface area (Å²) in [5.74, 6) is 0.536. The van der Waals surface area contributed by atoms with Gasteiger partial charge in [0.05, 0.1) is 6.04 Å². The lowest BCUT2D eigenvalue weighted by Gasteiger charge is -2.25. The number of carbonyl (C=O) groups excluding carboxylic acids is 2. The average molecular weight is 389 g/mol. The third kappa shape index (κ3) is 3.77. The van der Waals surface area contributed by atoms with Gasteiger partial charge in [0.15, 0.2) is 0 Å². The molecule has 0 radical (unpaired) electrons. The Balaban J connectivity index is 1.59. The standard InChI is InChI=1S/C24H27N3O2/c1-16(2)11-13-25-22(28)12-14-27-23(18-8-3-4-9-19(18)24(27)29)20-15-26-21-10-6-5-7-17(20)21/h3-10,15-16,23,26H,11-14H2,1-2H3,(H,25,28)/t23-/m0/s1. The van der Waals surface area contributed by atoms with Crippen molar-refractivity contribution in [3.63, 3.8) is 0 Å². The molecule has 2 N–H and O–H groups in total. The van der Waals surface area contributed by atoms with Gasteiger partial charge in [-0.05, 0) is 30.0 Å². The highest BCUT2D eigenvalue weighted by molar-refractivity contribution is 6.01. The molecule has 3 aromatic rings. The van der Waals surface area contributed by atoms with E-state index in [1.54, 1.807) is 0 Å². The van der Waals surface area contributed by atoms with Crippen LogP contribution in [0.5, 0.6) is 0 Å². The van der Waals surface area contributed by atoms with E-state index >= 15 is 0 Å². The molecule has 4 rings (SSSR count). The van der Waals surface area contributed by atoms with E-state index in [9.17, 15) is 9.59 Å². The second-order valence-electron chi connectivity index (χ2n) is 8.06. The first-order valence-electron chi connectivity index (χ1n) is 10.3. The molecule has 1 aromatic heterocycles. The lowest BCUT2D eigenvalue weighted by atomic mass is 9.97. The van der Waals surface area contributed by atoms with Crippen molar-refractivity contribution in [2.45, 2.75) is 32.7 Å². The van der Waals surface area contributed by atoms with Crippen LogP contribution in [0.15, 0.2) is 54.7 Å². The molecule has 2 amide bonds. The number of fused-ring (bicyclic) bond motifs is 2. The molecule has 0 saturated heterocycles. The molecule has 5 heteroatoms. The molecule has 0 aliphatic carbocycles. The Bertz CT molecular complexity index is 1040. The Morgan fingerprint density at radius 2 is 1.86 bits per heavy atom. The molecule has 0 saturated carbocycles. The topological polar surface area (TPSA) is 65.2 Å². The van der Waals surface area contributed by atoms with Crippen LogP contribution in [0.1, 0.15) is 54.2 Å². The van der Waals surface area contributed by atoms with Crippen molar-refractivity contribution in [1.82, 2.24) is 15.2 Å². The van der Waals surface area contributed by atoms with Crippen LogP contribution in [-0.2, 0) is 4.79 Å². The van der Waals surface area contributed by atoms with E-state index in [1.807, 2.05) is 53.6 Å². The summed E-state index contributed by atoms with van der Waals surface area (Å²) < 4.78 is 0. The zero-order chi connectivity index (χ0) is 20.4. The summed E-state index contributed by atoms with van der Waals surface area (Å²) in [6.45, 7) is 5.35. The summed E-state index contributed by atoms with van der Waals surface area (Å²) in [7, 11) is 0. The maximum Gasteiger partial charge on any atom is 0.255 e. The first-order chi connectivity index (χ1) is 14.1. The molecule has 0 bridgehead atoms. The molecular weight excluding hydrogens is 362 g/mol. The van der Waals surface area contributed by atoms with Crippen molar-refractivity contribution in [1.29, 1.82) is 0 Å². The quantitative estimate of drug-likeness (QED) is 0.634. The van der Waals surface area contributed by atoms with Crippen molar-refractivity contribution in [2.24, 2.45) is 5.92 Å². The fourth-order valence-electron chi connectivity index (χ4n) is 4.07. The number of H-pyrrole nitrogens is 1.